The second-order valence-corrected chi connectivity index (χ2v) is 8.61. The lowest BCUT2D eigenvalue weighted by atomic mass is 10.1. The number of benzene rings is 1. The predicted molar refractivity (Wildman–Crippen MR) is 140 cm³/mol. The van der Waals surface area contributed by atoms with Gasteiger partial charge in [-0.1, -0.05) is 19.1 Å². The van der Waals surface area contributed by atoms with Gasteiger partial charge in [0.05, 0.1) is 12.6 Å². The van der Waals surface area contributed by atoms with E-state index >= 15 is 0 Å². The van der Waals surface area contributed by atoms with E-state index in [-0.39, 0.29) is 42.0 Å². The van der Waals surface area contributed by atoms with E-state index in [4.69, 9.17) is 9.73 Å². The van der Waals surface area contributed by atoms with Gasteiger partial charge < -0.3 is 24.8 Å². The highest BCUT2D eigenvalue weighted by Gasteiger charge is 2.28. The number of piperazine rings is 1. The second-order valence-electron chi connectivity index (χ2n) is 8.61. The van der Waals surface area contributed by atoms with Crippen LogP contribution in [0.5, 0.6) is 0 Å². The smallest absolute Gasteiger partial charge is 0.194 e. The van der Waals surface area contributed by atoms with Crippen molar-refractivity contribution >= 4 is 29.9 Å². The molecule has 2 aliphatic heterocycles. The molecule has 0 aromatic heterocycles. The van der Waals surface area contributed by atoms with Crippen molar-refractivity contribution in [1.29, 1.82) is 0 Å². The quantitative estimate of drug-likeness (QED) is 0.228. The zero-order valence-electron chi connectivity index (χ0n) is 19.9. The number of aliphatic imine (C=N–C) groups is 1. The standard InChI is InChI=1S/C24H40FN5O.HI/c1-4-26-24(27-12-6-7-13-29-16-14-28(5-2)15-17-29)30-18-20(3)31-23(19-30)21-8-10-22(25)11-9-21;/h8-11,20,23H,4-7,12-19H2,1-3H3,(H,26,27);1H. The van der Waals surface area contributed by atoms with E-state index in [1.807, 2.05) is 12.1 Å². The minimum atomic E-state index is -0.216. The fraction of sp³-hybridized carbons (Fsp3) is 0.708. The SMILES string of the molecule is CCNC(=NCCCCN1CCN(CC)CC1)N1CC(C)OC(c2ccc(F)cc2)C1.I. The number of likely N-dealkylation sites (N-methyl/N-ethyl adjacent to an activating group) is 1. The molecule has 0 aliphatic carbocycles. The third-order valence-electron chi connectivity index (χ3n) is 6.19. The molecule has 2 heterocycles. The topological polar surface area (TPSA) is 43.3 Å². The molecule has 6 nitrogen and oxygen atoms in total. The van der Waals surface area contributed by atoms with Crippen LogP contribution in [0.3, 0.4) is 0 Å². The van der Waals surface area contributed by atoms with E-state index in [0.29, 0.717) is 0 Å². The summed E-state index contributed by atoms with van der Waals surface area (Å²) < 4.78 is 19.4. The van der Waals surface area contributed by atoms with Crippen LogP contribution in [-0.4, -0.2) is 92.2 Å². The molecule has 1 aromatic rings. The number of rotatable bonds is 8. The van der Waals surface area contributed by atoms with Crippen LogP contribution in [0.2, 0.25) is 0 Å². The summed E-state index contributed by atoms with van der Waals surface area (Å²) in [6, 6.07) is 6.65. The maximum atomic E-state index is 13.3. The second kappa shape index (κ2) is 14.3. The highest BCUT2D eigenvalue weighted by Crippen LogP contribution is 2.25. The molecule has 2 atom stereocenters. The van der Waals surface area contributed by atoms with Crippen LogP contribution < -0.4 is 5.32 Å². The number of guanidine groups is 1. The summed E-state index contributed by atoms with van der Waals surface area (Å²) in [5.41, 5.74) is 1.01. The van der Waals surface area contributed by atoms with Gasteiger partial charge in [0.1, 0.15) is 11.9 Å². The van der Waals surface area contributed by atoms with E-state index < -0.39 is 0 Å². The summed E-state index contributed by atoms with van der Waals surface area (Å²) in [6.07, 6.45) is 2.31. The molecule has 0 saturated carbocycles. The monoisotopic (exact) mass is 561 g/mol. The Bertz CT molecular complexity index is 681. The molecule has 8 heteroatoms. The van der Waals surface area contributed by atoms with Crippen molar-refractivity contribution in [3.8, 4) is 0 Å². The van der Waals surface area contributed by atoms with E-state index in [0.717, 1.165) is 50.7 Å². The lowest BCUT2D eigenvalue weighted by Crippen LogP contribution is -2.50. The van der Waals surface area contributed by atoms with Crippen molar-refractivity contribution < 1.29 is 9.13 Å². The molecule has 0 bridgehead atoms. The van der Waals surface area contributed by atoms with Gasteiger partial charge in [-0.3, -0.25) is 4.99 Å². The Kier molecular flexibility index (Phi) is 12.2. The third kappa shape index (κ3) is 8.43. The summed E-state index contributed by atoms with van der Waals surface area (Å²) in [4.78, 5) is 12.3. The summed E-state index contributed by atoms with van der Waals surface area (Å²) >= 11 is 0. The molecule has 2 aliphatic rings. The third-order valence-corrected chi connectivity index (χ3v) is 6.19. The van der Waals surface area contributed by atoms with Crippen LogP contribution in [0, 0.1) is 5.82 Å². The highest BCUT2D eigenvalue weighted by molar-refractivity contribution is 14.0. The molecule has 2 fully saturated rings. The number of unbranched alkanes of at least 4 members (excludes halogenated alkanes) is 1. The Labute approximate surface area is 210 Å². The van der Waals surface area contributed by atoms with Gasteiger partial charge >= 0.3 is 0 Å². The number of nitrogens with one attached hydrogen (secondary N) is 1. The van der Waals surface area contributed by atoms with Crippen molar-refractivity contribution in [2.24, 2.45) is 4.99 Å². The Balaban J connectivity index is 0.00000363. The van der Waals surface area contributed by atoms with E-state index in [2.05, 4.69) is 40.8 Å². The first-order valence-corrected chi connectivity index (χ1v) is 12.0. The maximum Gasteiger partial charge on any atom is 0.194 e. The number of ether oxygens (including phenoxy) is 1. The summed E-state index contributed by atoms with van der Waals surface area (Å²) in [5, 5.41) is 3.45. The number of hydrogen-bond acceptors (Lipinski definition) is 4. The first-order valence-electron chi connectivity index (χ1n) is 12.0. The maximum absolute atomic E-state index is 13.3. The molecule has 0 spiro atoms. The van der Waals surface area contributed by atoms with Gasteiger partial charge in [-0.15, -0.1) is 24.0 Å². The minimum Gasteiger partial charge on any atom is -0.367 e. The van der Waals surface area contributed by atoms with Gasteiger partial charge in [0.2, 0.25) is 0 Å². The normalized spacial score (nSPS) is 23.1. The molecule has 0 radical (unpaired) electrons. The molecule has 1 aromatic carbocycles. The van der Waals surface area contributed by atoms with Gasteiger partial charge in [0, 0.05) is 45.8 Å². The Hall–Kier alpha value is -0.970. The van der Waals surface area contributed by atoms with E-state index in [1.54, 1.807) is 0 Å². The van der Waals surface area contributed by atoms with Gasteiger partial charge in [-0.25, -0.2) is 4.39 Å². The summed E-state index contributed by atoms with van der Waals surface area (Å²) in [5.74, 6) is 0.743. The van der Waals surface area contributed by atoms with Crippen LogP contribution in [0.4, 0.5) is 4.39 Å². The number of hydrogen-bond donors (Lipinski definition) is 1. The zero-order valence-corrected chi connectivity index (χ0v) is 22.3. The molecule has 1 N–H and O–H groups in total. The van der Waals surface area contributed by atoms with Crippen LogP contribution in [0.15, 0.2) is 29.3 Å². The predicted octanol–water partition coefficient (Wildman–Crippen LogP) is 3.59. The van der Waals surface area contributed by atoms with Gasteiger partial charge in [0.15, 0.2) is 5.96 Å². The van der Waals surface area contributed by atoms with Crippen molar-refractivity contribution in [3.63, 3.8) is 0 Å². The van der Waals surface area contributed by atoms with E-state index in [1.165, 1.54) is 51.3 Å². The van der Waals surface area contributed by atoms with Gasteiger partial charge in [0.25, 0.3) is 0 Å². The van der Waals surface area contributed by atoms with Crippen molar-refractivity contribution in [2.75, 3.05) is 65.4 Å². The molecule has 32 heavy (non-hydrogen) atoms. The Morgan fingerprint density at radius 3 is 2.41 bits per heavy atom. The molecule has 3 rings (SSSR count). The fourth-order valence-electron chi connectivity index (χ4n) is 4.37. The molecule has 182 valence electrons. The average Bonchev–Trinajstić information content (AvgIpc) is 2.78. The number of morpholine rings is 1. The summed E-state index contributed by atoms with van der Waals surface area (Å²) in [7, 11) is 0. The zero-order chi connectivity index (χ0) is 22.1. The lowest BCUT2D eigenvalue weighted by molar-refractivity contribution is -0.0605. The average molecular weight is 562 g/mol. The molecule has 2 saturated heterocycles. The van der Waals surface area contributed by atoms with Crippen LogP contribution in [-0.2, 0) is 4.74 Å². The highest BCUT2D eigenvalue weighted by atomic mass is 127. The first-order chi connectivity index (χ1) is 15.1. The number of halogens is 2. The van der Waals surface area contributed by atoms with E-state index in [9.17, 15) is 4.39 Å². The Morgan fingerprint density at radius 1 is 1.06 bits per heavy atom. The van der Waals surface area contributed by atoms with Crippen LogP contribution in [0.1, 0.15) is 45.3 Å². The van der Waals surface area contributed by atoms with Crippen molar-refractivity contribution in [1.82, 2.24) is 20.0 Å². The Morgan fingerprint density at radius 2 is 1.75 bits per heavy atom. The van der Waals surface area contributed by atoms with Crippen LogP contribution >= 0.6 is 24.0 Å². The fourth-order valence-corrected chi connectivity index (χ4v) is 4.37. The van der Waals surface area contributed by atoms with Crippen molar-refractivity contribution in [3.05, 3.63) is 35.6 Å². The largest absolute Gasteiger partial charge is 0.367 e. The van der Waals surface area contributed by atoms with Crippen molar-refractivity contribution in [2.45, 2.75) is 45.8 Å². The van der Waals surface area contributed by atoms with Gasteiger partial charge in [-0.2, -0.15) is 0 Å². The minimum absolute atomic E-state index is 0. The molecule has 0 amide bonds. The van der Waals surface area contributed by atoms with Crippen LogP contribution in [0.25, 0.3) is 0 Å². The molecular weight excluding hydrogens is 520 g/mol. The lowest BCUT2D eigenvalue weighted by Gasteiger charge is -2.38. The number of nitrogens with zero attached hydrogens (tertiary/aromatic N) is 4. The molecular formula is C24H41FIN5O. The van der Waals surface area contributed by atoms with Gasteiger partial charge in [-0.05, 0) is 57.5 Å². The first kappa shape index (κ1) is 27.3. The summed E-state index contributed by atoms with van der Waals surface area (Å²) in [6.45, 7) is 16.8. The molecule has 2 unspecified atom stereocenters.